The molecule has 0 unspecified atom stereocenters. The van der Waals surface area contributed by atoms with Crippen molar-refractivity contribution in [1.82, 2.24) is 10.6 Å². The van der Waals surface area contributed by atoms with Crippen LogP contribution in [0.2, 0.25) is 0 Å². The zero-order valence-electron chi connectivity index (χ0n) is 9.71. The van der Waals surface area contributed by atoms with Gasteiger partial charge in [0, 0.05) is 13.1 Å². The standard InChI is InChI=1S/C10H19N3O2.ClH/c1-10(2,9(11)15)6-13-8(14)7-3-4-12-5-7;/h7,12H,3-6H2,1-2H3,(H2,11,15)(H,13,14);1H/t7-;/m0./s1. The highest BCUT2D eigenvalue weighted by molar-refractivity contribution is 5.85. The summed E-state index contributed by atoms with van der Waals surface area (Å²) >= 11 is 0. The van der Waals surface area contributed by atoms with E-state index in [2.05, 4.69) is 10.6 Å². The number of nitrogens with two attached hydrogens (primary N) is 1. The van der Waals surface area contributed by atoms with Gasteiger partial charge in [0.15, 0.2) is 0 Å². The zero-order valence-corrected chi connectivity index (χ0v) is 10.5. The first-order valence-electron chi connectivity index (χ1n) is 5.22. The van der Waals surface area contributed by atoms with Crippen LogP contribution in [0.4, 0.5) is 0 Å². The van der Waals surface area contributed by atoms with Gasteiger partial charge in [-0.25, -0.2) is 0 Å². The molecule has 1 saturated heterocycles. The molecular formula is C10H20ClN3O2. The molecule has 1 rings (SSSR count). The number of carbonyl (C=O) groups excluding carboxylic acids is 2. The number of hydrogen-bond donors (Lipinski definition) is 3. The largest absolute Gasteiger partial charge is 0.369 e. The van der Waals surface area contributed by atoms with E-state index < -0.39 is 11.3 Å². The topological polar surface area (TPSA) is 84.2 Å². The highest BCUT2D eigenvalue weighted by Gasteiger charge is 2.28. The predicted molar refractivity (Wildman–Crippen MR) is 64.2 cm³/mol. The van der Waals surface area contributed by atoms with Gasteiger partial charge in [0.2, 0.25) is 11.8 Å². The van der Waals surface area contributed by atoms with Gasteiger partial charge in [0.25, 0.3) is 0 Å². The maximum absolute atomic E-state index is 11.6. The molecule has 0 spiro atoms. The van der Waals surface area contributed by atoms with E-state index in [1.165, 1.54) is 0 Å². The highest BCUT2D eigenvalue weighted by atomic mass is 35.5. The molecule has 1 heterocycles. The van der Waals surface area contributed by atoms with Crippen LogP contribution in [0, 0.1) is 11.3 Å². The molecule has 0 aromatic heterocycles. The van der Waals surface area contributed by atoms with Crippen LogP contribution in [0.5, 0.6) is 0 Å². The van der Waals surface area contributed by atoms with E-state index in [0.717, 1.165) is 19.5 Å². The van der Waals surface area contributed by atoms with Crippen molar-refractivity contribution in [2.24, 2.45) is 17.1 Å². The summed E-state index contributed by atoms with van der Waals surface area (Å²) < 4.78 is 0. The van der Waals surface area contributed by atoms with Gasteiger partial charge < -0.3 is 16.4 Å². The molecule has 0 aromatic rings. The number of hydrogen-bond acceptors (Lipinski definition) is 3. The molecule has 0 aromatic carbocycles. The van der Waals surface area contributed by atoms with E-state index in [1.54, 1.807) is 13.8 Å². The number of amides is 2. The third kappa shape index (κ3) is 3.98. The Morgan fingerprint density at radius 2 is 2.12 bits per heavy atom. The minimum Gasteiger partial charge on any atom is -0.369 e. The van der Waals surface area contributed by atoms with E-state index in [-0.39, 0.29) is 24.2 Å². The van der Waals surface area contributed by atoms with Gasteiger partial charge in [-0.3, -0.25) is 9.59 Å². The number of carbonyl (C=O) groups is 2. The van der Waals surface area contributed by atoms with E-state index in [0.29, 0.717) is 6.54 Å². The number of primary amides is 1. The Kier molecular flexibility index (Phi) is 5.75. The van der Waals surface area contributed by atoms with Crippen molar-refractivity contribution in [2.75, 3.05) is 19.6 Å². The van der Waals surface area contributed by atoms with Crippen molar-refractivity contribution < 1.29 is 9.59 Å². The van der Waals surface area contributed by atoms with Gasteiger partial charge in [0.05, 0.1) is 11.3 Å². The molecule has 1 fully saturated rings. The van der Waals surface area contributed by atoms with Gasteiger partial charge in [0.1, 0.15) is 0 Å². The molecule has 16 heavy (non-hydrogen) atoms. The average Bonchev–Trinajstić information content (AvgIpc) is 2.66. The Bertz CT molecular complexity index is 263. The molecule has 94 valence electrons. The van der Waals surface area contributed by atoms with Crippen LogP contribution in [-0.4, -0.2) is 31.4 Å². The van der Waals surface area contributed by atoms with Crippen LogP contribution >= 0.6 is 12.4 Å². The van der Waals surface area contributed by atoms with E-state index >= 15 is 0 Å². The van der Waals surface area contributed by atoms with Crippen molar-refractivity contribution in [3.8, 4) is 0 Å². The number of rotatable bonds is 4. The quantitative estimate of drug-likeness (QED) is 0.637. The molecule has 0 aliphatic carbocycles. The third-order valence-corrected chi connectivity index (χ3v) is 2.80. The molecule has 0 bridgehead atoms. The normalized spacial score (nSPS) is 20.0. The highest BCUT2D eigenvalue weighted by Crippen LogP contribution is 2.13. The first kappa shape index (κ1) is 15.2. The Labute approximate surface area is 102 Å². The van der Waals surface area contributed by atoms with Gasteiger partial charge in [-0.05, 0) is 26.8 Å². The molecule has 5 nitrogen and oxygen atoms in total. The lowest BCUT2D eigenvalue weighted by Crippen LogP contribution is -2.44. The summed E-state index contributed by atoms with van der Waals surface area (Å²) in [5, 5.41) is 5.89. The first-order chi connectivity index (χ1) is 6.93. The van der Waals surface area contributed by atoms with E-state index in [9.17, 15) is 9.59 Å². The van der Waals surface area contributed by atoms with Crippen LogP contribution in [0.15, 0.2) is 0 Å². The molecule has 6 heteroatoms. The fourth-order valence-electron chi connectivity index (χ4n) is 1.42. The predicted octanol–water partition coefficient (Wildman–Crippen LogP) is -0.355. The van der Waals surface area contributed by atoms with Crippen LogP contribution < -0.4 is 16.4 Å². The summed E-state index contributed by atoms with van der Waals surface area (Å²) in [6.07, 6.45) is 0.864. The molecular weight excluding hydrogens is 230 g/mol. The second-order valence-electron chi connectivity index (χ2n) is 4.66. The van der Waals surface area contributed by atoms with Gasteiger partial charge in [-0.15, -0.1) is 12.4 Å². The Morgan fingerprint density at radius 3 is 2.56 bits per heavy atom. The average molecular weight is 250 g/mol. The fourth-order valence-corrected chi connectivity index (χ4v) is 1.42. The summed E-state index contributed by atoms with van der Waals surface area (Å²) in [6, 6.07) is 0. The molecule has 2 amide bonds. The Balaban J connectivity index is 0.00000225. The Morgan fingerprint density at radius 1 is 1.50 bits per heavy atom. The van der Waals surface area contributed by atoms with Crippen LogP contribution in [0.25, 0.3) is 0 Å². The van der Waals surface area contributed by atoms with Gasteiger partial charge >= 0.3 is 0 Å². The molecule has 0 radical (unpaired) electrons. The molecule has 1 aliphatic heterocycles. The van der Waals surface area contributed by atoms with Crippen LogP contribution in [0.3, 0.4) is 0 Å². The van der Waals surface area contributed by atoms with Gasteiger partial charge in [-0.1, -0.05) is 0 Å². The summed E-state index contributed by atoms with van der Waals surface area (Å²) in [5.41, 5.74) is 4.53. The Hall–Kier alpha value is -0.810. The molecule has 1 aliphatic rings. The van der Waals surface area contributed by atoms with Crippen LogP contribution in [0.1, 0.15) is 20.3 Å². The van der Waals surface area contributed by atoms with Crippen molar-refractivity contribution >= 4 is 24.2 Å². The van der Waals surface area contributed by atoms with Crippen molar-refractivity contribution in [2.45, 2.75) is 20.3 Å². The second-order valence-corrected chi connectivity index (χ2v) is 4.66. The van der Waals surface area contributed by atoms with Gasteiger partial charge in [-0.2, -0.15) is 0 Å². The maximum Gasteiger partial charge on any atom is 0.224 e. The van der Waals surface area contributed by atoms with Crippen molar-refractivity contribution in [1.29, 1.82) is 0 Å². The molecule has 4 N–H and O–H groups in total. The molecule has 1 atom stereocenters. The minimum absolute atomic E-state index is 0. The summed E-state index contributed by atoms with van der Waals surface area (Å²) in [5.74, 6) is -0.352. The maximum atomic E-state index is 11.6. The van der Waals surface area contributed by atoms with E-state index in [4.69, 9.17) is 5.73 Å². The third-order valence-electron chi connectivity index (χ3n) is 2.80. The lowest BCUT2D eigenvalue weighted by Gasteiger charge is -2.21. The van der Waals surface area contributed by atoms with Crippen molar-refractivity contribution in [3.05, 3.63) is 0 Å². The monoisotopic (exact) mass is 249 g/mol. The number of halogens is 1. The molecule has 0 saturated carbocycles. The van der Waals surface area contributed by atoms with E-state index in [1.807, 2.05) is 0 Å². The van der Waals surface area contributed by atoms with Crippen LogP contribution in [-0.2, 0) is 9.59 Å². The first-order valence-corrected chi connectivity index (χ1v) is 5.22. The summed E-state index contributed by atoms with van der Waals surface area (Å²) in [4.78, 5) is 22.6. The fraction of sp³-hybridized carbons (Fsp3) is 0.800. The summed E-state index contributed by atoms with van der Waals surface area (Å²) in [7, 11) is 0. The zero-order chi connectivity index (χ0) is 11.5. The number of nitrogens with one attached hydrogen (secondary N) is 2. The SMILES string of the molecule is CC(C)(CNC(=O)[C@H]1CCNC1)C(N)=O.Cl. The smallest absolute Gasteiger partial charge is 0.224 e. The summed E-state index contributed by atoms with van der Waals surface area (Å²) in [6.45, 7) is 5.36. The van der Waals surface area contributed by atoms with Crippen molar-refractivity contribution in [3.63, 3.8) is 0 Å². The lowest BCUT2D eigenvalue weighted by molar-refractivity contribution is -0.128. The lowest BCUT2D eigenvalue weighted by atomic mass is 9.92. The minimum atomic E-state index is -0.679. The second kappa shape index (κ2) is 6.06.